The van der Waals surface area contributed by atoms with Gasteiger partial charge in [-0.2, -0.15) is 0 Å². The van der Waals surface area contributed by atoms with E-state index < -0.39 is 0 Å². The molecule has 2 aliphatic rings. The Bertz CT molecular complexity index is 568. The number of anilines is 1. The normalized spacial score (nSPS) is 26.4. The maximum absolute atomic E-state index is 11.8. The second-order valence-corrected chi connectivity index (χ2v) is 6.98. The van der Waals surface area contributed by atoms with Crippen LogP contribution in [0.3, 0.4) is 0 Å². The van der Waals surface area contributed by atoms with E-state index >= 15 is 0 Å². The molecule has 3 rings (SSSR count). The number of cyclic esters (lactones) is 1. The van der Waals surface area contributed by atoms with E-state index in [4.69, 9.17) is 14.0 Å². The quantitative estimate of drug-likeness (QED) is 0.787. The molecule has 0 spiro atoms. The second kappa shape index (κ2) is 5.00. The highest BCUT2D eigenvalue weighted by atomic mass is 16.7. The third-order valence-corrected chi connectivity index (χ3v) is 4.69. The van der Waals surface area contributed by atoms with Crippen molar-refractivity contribution in [3.8, 4) is 0 Å². The van der Waals surface area contributed by atoms with E-state index in [1.54, 1.807) is 4.90 Å². The molecule has 2 saturated heterocycles. The first-order valence-electron chi connectivity index (χ1n) is 7.63. The van der Waals surface area contributed by atoms with Gasteiger partial charge >= 0.3 is 13.2 Å². The highest BCUT2D eigenvalue weighted by molar-refractivity contribution is 6.62. The lowest BCUT2D eigenvalue weighted by atomic mass is 9.79. The molecule has 1 amide bonds. The molecule has 6 heteroatoms. The number of ether oxygens (including phenoxy) is 1. The molecule has 0 aliphatic carbocycles. The minimum absolute atomic E-state index is 0.0738. The Kier molecular flexibility index (Phi) is 3.49. The maximum Gasteiger partial charge on any atom is 0.494 e. The molecule has 1 unspecified atom stereocenters. The summed E-state index contributed by atoms with van der Waals surface area (Å²) >= 11 is 0. The van der Waals surface area contributed by atoms with Crippen molar-refractivity contribution in [2.45, 2.75) is 51.9 Å². The van der Waals surface area contributed by atoms with Crippen LogP contribution in [0.2, 0.25) is 0 Å². The minimum atomic E-state index is -0.386. The SMILES string of the molecule is CC1CN(c2ccc(B3OC(C)(C)C(C)(C)O3)cc2)C(=O)O1. The van der Waals surface area contributed by atoms with Gasteiger partial charge < -0.3 is 14.0 Å². The van der Waals surface area contributed by atoms with Crippen LogP contribution >= 0.6 is 0 Å². The molecule has 1 atom stereocenters. The van der Waals surface area contributed by atoms with Crippen LogP contribution in [0.25, 0.3) is 0 Å². The molecule has 0 aromatic heterocycles. The third-order valence-electron chi connectivity index (χ3n) is 4.69. The summed E-state index contributed by atoms with van der Waals surface area (Å²) in [4.78, 5) is 13.4. The monoisotopic (exact) mass is 303 g/mol. The van der Waals surface area contributed by atoms with Crippen LogP contribution in [-0.2, 0) is 14.0 Å². The van der Waals surface area contributed by atoms with Crippen LogP contribution in [0.15, 0.2) is 24.3 Å². The molecular weight excluding hydrogens is 281 g/mol. The lowest BCUT2D eigenvalue weighted by Crippen LogP contribution is -2.41. The van der Waals surface area contributed by atoms with Gasteiger partial charge in [-0.1, -0.05) is 12.1 Å². The van der Waals surface area contributed by atoms with Crippen molar-refractivity contribution < 1.29 is 18.8 Å². The first-order chi connectivity index (χ1) is 10.2. The highest BCUT2D eigenvalue weighted by Gasteiger charge is 2.51. The van der Waals surface area contributed by atoms with Gasteiger partial charge in [-0.3, -0.25) is 4.90 Å². The molecule has 22 heavy (non-hydrogen) atoms. The number of carbonyl (C=O) groups excluding carboxylic acids is 1. The number of rotatable bonds is 2. The van der Waals surface area contributed by atoms with Gasteiger partial charge in [-0.05, 0) is 52.2 Å². The molecule has 2 heterocycles. The van der Waals surface area contributed by atoms with Crippen molar-refractivity contribution in [2.75, 3.05) is 11.4 Å². The molecule has 2 aliphatic heterocycles. The zero-order valence-corrected chi connectivity index (χ0v) is 13.8. The number of nitrogens with zero attached hydrogens (tertiary/aromatic N) is 1. The average Bonchev–Trinajstić information content (AvgIpc) is 2.86. The van der Waals surface area contributed by atoms with Gasteiger partial charge in [0.1, 0.15) is 6.10 Å². The van der Waals surface area contributed by atoms with E-state index in [2.05, 4.69) is 0 Å². The van der Waals surface area contributed by atoms with E-state index in [1.165, 1.54) is 0 Å². The Morgan fingerprint density at radius 3 is 2.09 bits per heavy atom. The number of benzene rings is 1. The number of carbonyl (C=O) groups is 1. The van der Waals surface area contributed by atoms with Crippen molar-refractivity contribution in [1.29, 1.82) is 0 Å². The summed E-state index contributed by atoms with van der Waals surface area (Å²) in [5, 5.41) is 0. The summed E-state index contributed by atoms with van der Waals surface area (Å²) in [6.07, 6.45) is -0.369. The molecule has 0 radical (unpaired) electrons. The van der Waals surface area contributed by atoms with Crippen molar-refractivity contribution in [3.63, 3.8) is 0 Å². The molecule has 5 nitrogen and oxygen atoms in total. The van der Waals surface area contributed by atoms with Crippen LogP contribution in [0, 0.1) is 0 Å². The largest absolute Gasteiger partial charge is 0.494 e. The van der Waals surface area contributed by atoms with E-state index in [9.17, 15) is 4.79 Å². The molecule has 0 N–H and O–H groups in total. The molecule has 2 fully saturated rings. The molecule has 1 aromatic rings. The Hall–Kier alpha value is -1.53. The Morgan fingerprint density at radius 1 is 1.09 bits per heavy atom. The summed E-state index contributed by atoms with van der Waals surface area (Å²) < 4.78 is 17.2. The lowest BCUT2D eigenvalue weighted by molar-refractivity contribution is 0.00578. The van der Waals surface area contributed by atoms with Gasteiger partial charge in [0.15, 0.2) is 0 Å². The summed E-state index contributed by atoms with van der Waals surface area (Å²) in [7, 11) is -0.386. The fraction of sp³-hybridized carbons (Fsp3) is 0.562. The van der Waals surface area contributed by atoms with Gasteiger partial charge in [0.25, 0.3) is 0 Å². The molecule has 118 valence electrons. The van der Waals surface area contributed by atoms with E-state index in [0.29, 0.717) is 6.54 Å². The number of hydrogen-bond donors (Lipinski definition) is 0. The zero-order chi connectivity index (χ0) is 16.1. The van der Waals surface area contributed by atoms with Gasteiger partial charge in [-0.25, -0.2) is 4.79 Å². The minimum Gasteiger partial charge on any atom is -0.444 e. The zero-order valence-electron chi connectivity index (χ0n) is 13.8. The van der Waals surface area contributed by atoms with Crippen LogP contribution in [0.4, 0.5) is 10.5 Å². The summed E-state index contributed by atoms with van der Waals surface area (Å²) in [5.74, 6) is 0. The molecular formula is C16H22BNO4. The summed E-state index contributed by atoms with van der Waals surface area (Å²) in [6.45, 7) is 10.6. The van der Waals surface area contributed by atoms with Gasteiger partial charge in [0, 0.05) is 5.69 Å². The maximum atomic E-state index is 11.8. The standard InChI is InChI=1S/C16H22BNO4/c1-11-10-18(14(19)20-11)13-8-6-12(7-9-13)17-21-15(2,3)16(4,5)22-17/h6-9,11H,10H2,1-5H3. The van der Waals surface area contributed by atoms with Crippen molar-refractivity contribution in [1.82, 2.24) is 0 Å². The lowest BCUT2D eigenvalue weighted by Gasteiger charge is -2.32. The third kappa shape index (κ3) is 2.50. The Labute approximate surface area is 131 Å². The van der Waals surface area contributed by atoms with E-state index in [0.717, 1.165) is 11.2 Å². The molecule has 1 aromatic carbocycles. The van der Waals surface area contributed by atoms with Crippen LogP contribution in [0.5, 0.6) is 0 Å². The fourth-order valence-corrected chi connectivity index (χ4v) is 2.61. The predicted molar refractivity (Wildman–Crippen MR) is 85.4 cm³/mol. The topological polar surface area (TPSA) is 48.0 Å². The Balaban J connectivity index is 1.77. The number of hydrogen-bond acceptors (Lipinski definition) is 4. The fourth-order valence-electron chi connectivity index (χ4n) is 2.61. The van der Waals surface area contributed by atoms with Crippen LogP contribution in [0.1, 0.15) is 34.6 Å². The highest BCUT2D eigenvalue weighted by Crippen LogP contribution is 2.36. The van der Waals surface area contributed by atoms with Crippen molar-refractivity contribution in [2.24, 2.45) is 0 Å². The van der Waals surface area contributed by atoms with Crippen LogP contribution < -0.4 is 10.4 Å². The average molecular weight is 303 g/mol. The number of amides is 1. The van der Waals surface area contributed by atoms with Gasteiger partial charge in [0.05, 0.1) is 17.7 Å². The van der Waals surface area contributed by atoms with Gasteiger partial charge in [-0.15, -0.1) is 0 Å². The first-order valence-corrected chi connectivity index (χ1v) is 7.63. The second-order valence-electron chi connectivity index (χ2n) is 6.98. The van der Waals surface area contributed by atoms with E-state index in [1.807, 2.05) is 58.9 Å². The smallest absolute Gasteiger partial charge is 0.444 e. The van der Waals surface area contributed by atoms with Crippen molar-refractivity contribution >= 4 is 24.4 Å². The Morgan fingerprint density at radius 2 is 1.64 bits per heavy atom. The summed E-state index contributed by atoms with van der Waals surface area (Å²) in [5.41, 5.74) is 1.06. The predicted octanol–water partition coefficient (Wildman–Crippen LogP) is 2.33. The molecule has 0 saturated carbocycles. The first kappa shape index (κ1) is 15.4. The van der Waals surface area contributed by atoms with Crippen molar-refractivity contribution in [3.05, 3.63) is 24.3 Å². The van der Waals surface area contributed by atoms with Gasteiger partial charge in [0.2, 0.25) is 0 Å². The van der Waals surface area contributed by atoms with Crippen LogP contribution in [-0.4, -0.2) is 37.1 Å². The molecule has 0 bridgehead atoms. The summed E-state index contributed by atoms with van der Waals surface area (Å²) in [6, 6.07) is 7.68. The van der Waals surface area contributed by atoms with E-state index in [-0.39, 0.29) is 30.5 Å².